The summed E-state index contributed by atoms with van der Waals surface area (Å²) < 4.78 is 10.2. The Hall–Kier alpha value is -3.15. The fourth-order valence-corrected chi connectivity index (χ4v) is 2.62. The maximum atomic E-state index is 12.4. The number of rotatable bonds is 8. The van der Waals surface area contributed by atoms with E-state index in [9.17, 15) is 14.4 Å². The van der Waals surface area contributed by atoms with Crippen molar-refractivity contribution in [1.82, 2.24) is 0 Å². The molecule has 6 heteroatoms. The number of nitrogens with one attached hydrogen (secondary N) is 1. The first kappa shape index (κ1) is 21.2. The van der Waals surface area contributed by atoms with E-state index in [1.807, 2.05) is 39.0 Å². The normalized spacial score (nSPS) is 10.3. The van der Waals surface area contributed by atoms with Gasteiger partial charge in [0, 0.05) is 12.1 Å². The van der Waals surface area contributed by atoms with Gasteiger partial charge >= 0.3 is 5.97 Å². The molecule has 0 bridgehead atoms. The molecule has 0 atom stereocenters. The molecule has 148 valence electrons. The lowest BCUT2D eigenvalue weighted by atomic mass is 10.0. The molecule has 2 rings (SSSR count). The zero-order chi connectivity index (χ0) is 20.7. The van der Waals surface area contributed by atoms with Crippen molar-refractivity contribution in [2.45, 2.75) is 33.6 Å². The Morgan fingerprint density at radius 1 is 0.929 bits per heavy atom. The molecule has 28 heavy (non-hydrogen) atoms. The molecule has 0 aliphatic carbocycles. The monoisotopic (exact) mass is 383 g/mol. The highest BCUT2D eigenvalue weighted by atomic mass is 16.5. The van der Waals surface area contributed by atoms with E-state index in [0.29, 0.717) is 17.0 Å². The van der Waals surface area contributed by atoms with Crippen LogP contribution in [0.3, 0.4) is 0 Å². The van der Waals surface area contributed by atoms with Gasteiger partial charge in [0.2, 0.25) is 0 Å². The second-order valence-electron chi connectivity index (χ2n) is 6.63. The van der Waals surface area contributed by atoms with Gasteiger partial charge in [-0.25, -0.2) is 0 Å². The summed E-state index contributed by atoms with van der Waals surface area (Å²) in [6.45, 7) is 5.41. The second kappa shape index (κ2) is 9.69. The highest BCUT2D eigenvalue weighted by Gasteiger charge is 2.15. The molecule has 0 saturated heterocycles. The van der Waals surface area contributed by atoms with Gasteiger partial charge in [-0.2, -0.15) is 0 Å². The SMILES string of the molecule is COc1ccc(C)cc1C(=O)CCC(=O)OCC(=O)Nc1ccc(C)c(C)c1. The third-order valence-corrected chi connectivity index (χ3v) is 4.37. The largest absolute Gasteiger partial charge is 0.496 e. The second-order valence-corrected chi connectivity index (χ2v) is 6.63. The summed E-state index contributed by atoms with van der Waals surface area (Å²) in [6, 6.07) is 10.8. The first-order valence-electron chi connectivity index (χ1n) is 9.00. The number of Topliss-reactive ketones (excluding diaryl/α,β-unsaturated/α-hetero) is 1. The van der Waals surface area contributed by atoms with Crippen LogP contribution >= 0.6 is 0 Å². The summed E-state index contributed by atoms with van der Waals surface area (Å²) in [7, 11) is 1.49. The van der Waals surface area contributed by atoms with Crippen LogP contribution in [0, 0.1) is 20.8 Å². The average molecular weight is 383 g/mol. The third-order valence-electron chi connectivity index (χ3n) is 4.37. The van der Waals surface area contributed by atoms with Gasteiger partial charge in [0.15, 0.2) is 12.4 Å². The number of carbonyl (C=O) groups excluding carboxylic acids is 3. The number of esters is 1. The summed E-state index contributed by atoms with van der Waals surface area (Å²) in [4.78, 5) is 36.1. The maximum Gasteiger partial charge on any atom is 0.306 e. The molecule has 2 aromatic carbocycles. The quantitative estimate of drug-likeness (QED) is 0.554. The number of benzene rings is 2. The average Bonchev–Trinajstić information content (AvgIpc) is 2.67. The molecule has 0 heterocycles. The molecule has 0 radical (unpaired) electrons. The summed E-state index contributed by atoms with van der Waals surface area (Å²) in [6.07, 6.45) is -0.121. The molecule has 0 aliphatic rings. The fourth-order valence-electron chi connectivity index (χ4n) is 2.62. The van der Waals surface area contributed by atoms with E-state index in [1.54, 1.807) is 18.2 Å². The van der Waals surface area contributed by atoms with E-state index in [1.165, 1.54) is 7.11 Å². The molecular formula is C22H25NO5. The van der Waals surface area contributed by atoms with Gasteiger partial charge in [-0.05, 0) is 56.2 Å². The smallest absolute Gasteiger partial charge is 0.306 e. The van der Waals surface area contributed by atoms with Crippen LogP contribution < -0.4 is 10.1 Å². The van der Waals surface area contributed by atoms with Crippen molar-refractivity contribution in [2.75, 3.05) is 19.0 Å². The Bertz CT molecular complexity index is 888. The van der Waals surface area contributed by atoms with Gasteiger partial charge in [-0.15, -0.1) is 0 Å². The Morgan fingerprint density at radius 3 is 2.36 bits per heavy atom. The summed E-state index contributed by atoms with van der Waals surface area (Å²) in [5, 5.41) is 2.68. The van der Waals surface area contributed by atoms with E-state index >= 15 is 0 Å². The minimum atomic E-state index is -0.602. The number of aryl methyl sites for hydroxylation is 3. The van der Waals surface area contributed by atoms with Crippen molar-refractivity contribution in [3.05, 3.63) is 58.7 Å². The number of carbonyl (C=O) groups is 3. The molecule has 0 spiro atoms. The lowest BCUT2D eigenvalue weighted by molar-refractivity contribution is -0.147. The van der Waals surface area contributed by atoms with Crippen LogP contribution in [-0.4, -0.2) is 31.4 Å². The number of anilines is 1. The third kappa shape index (κ3) is 5.94. The lowest BCUT2D eigenvalue weighted by Gasteiger charge is -2.09. The zero-order valence-corrected chi connectivity index (χ0v) is 16.6. The Labute approximate surface area is 164 Å². The van der Waals surface area contributed by atoms with Gasteiger partial charge in [-0.3, -0.25) is 14.4 Å². The first-order chi connectivity index (χ1) is 13.3. The van der Waals surface area contributed by atoms with Crippen molar-refractivity contribution in [3.63, 3.8) is 0 Å². The van der Waals surface area contributed by atoms with Crippen LogP contribution in [0.1, 0.15) is 39.9 Å². The van der Waals surface area contributed by atoms with E-state index in [0.717, 1.165) is 16.7 Å². The van der Waals surface area contributed by atoms with E-state index in [-0.39, 0.29) is 18.6 Å². The van der Waals surface area contributed by atoms with Crippen molar-refractivity contribution in [3.8, 4) is 5.75 Å². The Balaban J connectivity index is 1.81. The number of ketones is 1. The van der Waals surface area contributed by atoms with Gasteiger partial charge in [0.25, 0.3) is 5.91 Å². The number of amides is 1. The molecule has 0 saturated carbocycles. The van der Waals surface area contributed by atoms with E-state index in [2.05, 4.69) is 5.32 Å². The lowest BCUT2D eigenvalue weighted by Crippen LogP contribution is -2.21. The van der Waals surface area contributed by atoms with Crippen LogP contribution in [0.4, 0.5) is 5.69 Å². The molecule has 0 fully saturated rings. The van der Waals surface area contributed by atoms with Crippen LogP contribution in [0.2, 0.25) is 0 Å². The highest BCUT2D eigenvalue weighted by Crippen LogP contribution is 2.21. The molecule has 6 nitrogen and oxygen atoms in total. The molecule has 1 amide bonds. The van der Waals surface area contributed by atoms with Gasteiger partial charge in [-0.1, -0.05) is 17.7 Å². The predicted molar refractivity (Wildman–Crippen MR) is 107 cm³/mol. The molecule has 0 aliphatic heterocycles. The van der Waals surface area contributed by atoms with Crippen LogP contribution in [-0.2, 0) is 14.3 Å². The van der Waals surface area contributed by atoms with Crippen molar-refractivity contribution >= 4 is 23.3 Å². The van der Waals surface area contributed by atoms with Gasteiger partial charge < -0.3 is 14.8 Å². The number of hydrogen-bond donors (Lipinski definition) is 1. The topological polar surface area (TPSA) is 81.7 Å². The highest BCUT2D eigenvalue weighted by molar-refractivity contribution is 6.00. The number of hydrogen-bond acceptors (Lipinski definition) is 5. The van der Waals surface area contributed by atoms with Crippen molar-refractivity contribution in [1.29, 1.82) is 0 Å². The van der Waals surface area contributed by atoms with Crippen LogP contribution in [0.5, 0.6) is 5.75 Å². The van der Waals surface area contributed by atoms with Crippen LogP contribution in [0.25, 0.3) is 0 Å². The first-order valence-corrected chi connectivity index (χ1v) is 9.00. The minimum Gasteiger partial charge on any atom is -0.496 e. The summed E-state index contributed by atoms with van der Waals surface area (Å²) >= 11 is 0. The maximum absolute atomic E-state index is 12.4. The number of methoxy groups -OCH3 is 1. The molecule has 1 N–H and O–H groups in total. The molecule has 0 aromatic heterocycles. The van der Waals surface area contributed by atoms with E-state index < -0.39 is 18.5 Å². The summed E-state index contributed by atoms with van der Waals surface area (Å²) in [5.41, 5.74) is 4.18. The zero-order valence-electron chi connectivity index (χ0n) is 16.6. The summed E-state index contributed by atoms with van der Waals surface area (Å²) in [5.74, 6) is -0.771. The Kier molecular flexibility index (Phi) is 7.32. The van der Waals surface area contributed by atoms with Crippen molar-refractivity contribution < 1.29 is 23.9 Å². The molecule has 0 unspecified atom stereocenters. The molecular weight excluding hydrogens is 358 g/mol. The van der Waals surface area contributed by atoms with Crippen LogP contribution in [0.15, 0.2) is 36.4 Å². The van der Waals surface area contributed by atoms with E-state index in [4.69, 9.17) is 9.47 Å². The predicted octanol–water partition coefficient (Wildman–Crippen LogP) is 3.77. The minimum absolute atomic E-state index is 0.0164. The fraction of sp³-hybridized carbons (Fsp3) is 0.318. The number of ether oxygens (including phenoxy) is 2. The van der Waals surface area contributed by atoms with Gasteiger partial charge in [0.1, 0.15) is 5.75 Å². The standard InChI is InChI=1S/C22H25NO5/c1-14-5-9-20(27-4)18(11-14)19(24)8-10-22(26)28-13-21(25)23-17-7-6-15(2)16(3)12-17/h5-7,9,11-12H,8,10,13H2,1-4H3,(H,23,25). The Morgan fingerprint density at radius 2 is 1.68 bits per heavy atom. The van der Waals surface area contributed by atoms with Crippen molar-refractivity contribution in [2.24, 2.45) is 0 Å². The molecule has 2 aromatic rings. The van der Waals surface area contributed by atoms with Gasteiger partial charge in [0.05, 0.1) is 19.1 Å².